The van der Waals surface area contributed by atoms with Gasteiger partial charge in [0.25, 0.3) is 0 Å². The minimum atomic E-state index is -0.512. The number of ether oxygens (including phenoxy) is 1. The number of nitrogens with zero attached hydrogens (tertiary/aromatic N) is 2. The van der Waals surface area contributed by atoms with Crippen molar-refractivity contribution in [2.24, 2.45) is 0 Å². The van der Waals surface area contributed by atoms with Gasteiger partial charge < -0.3 is 14.6 Å². The van der Waals surface area contributed by atoms with Crippen molar-refractivity contribution in [2.75, 3.05) is 13.1 Å². The molecule has 3 heterocycles. The molecule has 0 saturated carbocycles. The molecule has 4 rings (SSSR count). The number of fused-ring (bicyclic) bond motifs is 1. The minimum absolute atomic E-state index is 0.299. The number of benzene rings is 1. The van der Waals surface area contributed by atoms with Gasteiger partial charge in [-0.25, -0.2) is 9.18 Å². The molecule has 1 N–H and O–H groups in total. The van der Waals surface area contributed by atoms with Gasteiger partial charge in [0, 0.05) is 42.0 Å². The van der Waals surface area contributed by atoms with Gasteiger partial charge in [-0.2, -0.15) is 0 Å². The van der Waals surface area contributed by atoms with E-state index in [0.29, 0.717) is 36.5 Å². The minimum Gasteiger partial charge on any atom is -0.444 e. The summed E-state index contributed by atoms with van der Waals surface area (Å²) >= 11 is 5.85. The van der Waals surface area contributed by atoms with Crippen LogP contribution in [0.4, 0.5) is 9.18 Å². The summed E-state index contributed by atoms with van der Waals surface area (Å²) in [7, 11) is 0. The maximum absolute atomic E-state index is 14.2. The van der Waals surface area contributed by atoms with E-state index >= 15 is 0 Å². The number of pyridine rings is 1. The molecule has 0 radical (unpaired) electrons. The highest BCUT2D eigenvalue weighted by Crippen LogP contribution is 2.29. The first kappa shape index (κ1) is 21.4. The van der Waals surface area contributed by atoms with E-state index in [4.69, 9.17) is 21.3 Å². The van der Waals surface area contributed by atoms with Gasteiger partial charge in [-0.05, 0) is 62.6 Å². The Bertz CT molecular complexity index is 1160. The molecule has 5 nitrogen and oxygen atoms in total. The van der Waals surface area contributed by atoms with Gasteiger partial charge in [-0.1, -0.05) is 23.7 Å². The number of carbonyl (C=O) groups excluding carboxylic acids is 1. The molecule has 1 aromatic carbocycles. The first-order valence-electron chi connectivity index (χ1n) is 10.3. The van der Waals surface area contributed by atoms with Crippen LogP contribution in [0.15, 0.2) is 42.6 Å². The van der Waals surface area contributed by atoms with Gasteiger partial charge in [0.1, 0.15) is 11.4 Å². The van der Waals surface area contributed by atoms with Crippen molar-refractivity contribution < 1.29 is 13.9 Å². The molecule has 1 amide bonds. The van der Waals surface area contributed by atoms with E-state index in [1.165, 1.54) is 6.07 Å². The third kappa shape index (κ3) is 4.90. The lowest BCUT2D eigenvalue weighted by molar-refractivity contribution is 0.0270. The number of rotatable bonds is 3. The molecule has 0 bridgehead atoms. The Morgan fingerprint density at radius 2 is 2.10 bits per heavy atom. The Morgan fingerprint density at radius 1 is 1.29 bits per heavy atom. The molecule has 162 valence electrons. The van der Waals surface area contributed by atoms with E-state index in [1.54, 1.807) is 17.0 Å². The molecule has 0 atom stereocenters. The Balaban J connectivity index is 1.55. The van der Waals surface area contributed by atoms with Crippen molar-refractivity contribution in [3.8, 4) is 0 Å². The standard InChI is InChI=1S/C24H25ClFN3O2/c1-24(2,3)31-23(30)29-10-8-15(9-11-29)19-14-27-21-7-6-18(28-22(19)21)12-16-4-5-17(25)13-20(16)26/h4-8,13-14,27H,9-12H2,1-3H3. The molecule has 7 heteroatoms. The van der Waals surface area contributed by atoms with E-state index < -0.39 is 5.60 Å². The number of aromatic nitrogens is 2. The summed E-state index contributed by atoms with van der Waals surface area (Å²) in [4.78, 5) is 22.1. The lowest BCUT2D eigenvalue weighted by Gasteiger charge is -2.29. The number of H-pyrrole nitrogens is 1. The SMILES string of the molecule is CC(C)(C)OC(=O)N1CC=C(c2c[nH]c3ccc(Cc4ccc(Cl)cc4F)nc23)CC1. The largest absolute Gasteiger partial charge is 0.444 e. The molecular formula is C24H25ClFN3O2. The Kier molecular flexibility index (Phi) is 5.75. The molecular weight excluding hydrogens is 417 g/mol. The van der Waals surface area contributed by atoms with Crippen LogP contribution < -0.4 is 0 Å². The second-order valence-electron chi connectivity index (χ2n) is 8.72. The second kappa shape index (κ2) is 8.35. The number of amides is 1. The van der Waals surface area contributed by atoms with E-state index in [-0.39, 0.29) is 11.9 Å². The number of carbonyl (C=O) groups is 1. The molecule has 2 aromatic heterocycles. The molecule has 3 aromatic rings. The van der Waals surface area contributed by atoms with E-state index in [9.17, 15) is 9.18 Å². The van der Waals surface area contributed by atoms with Gasteiger partial charge in [-0.15, -0.1) is 0 Å². The molecule has 1 aliphatic heterocycles. The normalized spacial score (nSPS) is 14.6. The first-order chi connectivity index (χ1) is 14.7. The lowest BCUT2D eigenvalue weighted by atomic mass is 10.0. The summed E-state index contributed by atoms with van der Waals surface area (Å²) in [5.41, 5.74) is 4.74. The Morgan fingerprint density at radius 3 is 2.77 bits per heavy atom. The van der Waals surface area contributed by atoms with E-state index in [0.717, 1.165) is 27.9 Å². The third-order valence-corrected chi connectivity index (χ3v) is 5.41. The van der Waals surface area contributed by atoms with Crippen molar-refractivity contribution in [1.29, 1.82) is 0 Å². The van der Waals surface area contributed by atoms with Crippen LogP contribution >= 0.6 is 11.6 Å². The van der Waals surface area contributed by atoms with Crippen molar-refractivity contribution in [2.45, 2.75) is 39.2 Å². The molecule has 0 aliphatic carbocycles. The highest BCUT2D eigenvalue weighted by atomic mass is 35.5. The van der Waals surface area contributed by atoms with Crippen molar-refractivity contribution in [3.05, 3.63) is 70.3 Å². The number of hydrogen-bond donors (Lipinski definition) is 1. The predicted molar refractivity (Wildman–Crippen MR) is 121 cm³/mol. The zero-order valence-electron chi connectivity index (χ0n) is 17.8. The Labute approximate surface area is 185 Å². The van der Waals surface area contributed by atoms with Crippen LogP contribution in [0.5, 0.6) is 0 Å². The fraction of sp³-hybridized carbons (Fsp3) is 0.333. The fourth-order valence-corrected chi connectivity index (χ4v) is 3.81. The molecule has 0 saturated heterocycles. The third-order valence-electron chi connectivity index (χ3n) is 5.17. The van der Waals surface area contributed by atoms with Crippen LogP contribution in [0, 0.1) is 5.82 Å². The number of aromatic amines is 1. The van der Waals surface area contributed by atoms with Crippen LogP contribution in [0.25, 0.3) is 16.6 Å². The van der Waals surface area contributed by atoms with Gasteiger partial charge in [0.15, 0.2) is 0 Å². The predicted octanol–water partition coefficient (Wildman–Crippen LogP) is 5.97. The van der Waals surface area contributed by atoms with Gasteiger partial charge >= 0.3 is 6.09 Å². The quantitative estimate of drug-likeness (QED) is 0.544. The topological polar surface area (TPSA) is 58.2 Å². The van der Waals surface area contributed by atoms with Crippen molar-refractivity contribution >= 4 is 34.3 Å². The molecule has 0 spiro atoms. The maximum Gasteiger partial charge on any atom is 0.410 e. The maximum atomic E-state index is 14.2. The zero-order valence-corrected chi connectivity index (χ0v) is 18.6. The average molecular weight is 442 g/mol. The van der Waals surface area contributed by atoms with Crippen LogP contribution in [0.1, 0.15) is 44.0 Å². The van der Waals surface area contributed by atoms with Gasteiger partial charge in [-0.3, -0.25) is 4.98 Å². The summed E-state index contributed by atoms with van der Waals surface area (Å²) < 4.78 is 19.7. The number of halogens is 2. The van der Waals surface area contributed by atoms with Gasteiger partial charge in [0.2, 0.25) is 0 Å². The molecule has 0 unspecified atom stereocenters. The fourth-order valence-electron chi connectivity index (χ4n) is 3.65. The summed E-state index contributed by atoms with van der Waals surface area (Å²) in [5.74, 6) is -0.332. The summed E-state index contributed by atoms with van der Waals surface area (Å²) in [6.45, 7) is 6.67. The van der Waals surface area contributed by atoms with E-state index in [2.05, 4.69) is 4.98 Å². The van der Waals surface area contributed by atoms with Crippen molar-refractivity contribution in [1.82, 2.24) is 14.9 Å². The second-order valence-corrected chi connectivity index (χ2v) is 9.16. The molecule has 31 heavy (non-hydrogen) atoms. The van der Waals surface area contributed by atoms with Crippen LogP contribution in [-0.2, 0) is 11.2 Å². The highest BCUT2D eigenvalue weighted by Gasteiger charge is 2.24. The summed E-state index contributed by atoms with van der Waals surface area (Å²) in [5, 5.41) is 0.377. The van der Waals surface area contributed by atoms with Crippen LogP contribution in [0.2, 0.25) is 5.02 Å². The number of hydrogen-bond acceptors (Lipinski definition) is 3. The average Bonchev–Trinajstić information content (AvgIpc) is 3.12. The monoisotopic (exact) mass is 441 g/mol. The summed E-state index contributed by atoms with van der Waals surface area (Å²) in [6, 6.07) is 8.56. The Hall–Kier alpha value is -2.86. The molecule has 1 aliphatic rings. The lowest BCUT2D eigenvalue weighted by Crippen LogP contribution is -2.39. The smallest absolute Gasteiger partial charge is 0.410 e. The van der Waals surface area contributed by atoms with Crippen LogP contribution in [-0.4, -0.2) is 39.7 Å². The van der Waals surface area contributed by atoms with Crippen molar-refractivity contribution in [3.63, 3.8) is 0 Å². The first-order valence-corrected chi connectivity index (χ1v) is 10.7. The zero-order chi connectivity index (χ0) is 22.2. The highest BCUT2D eigenvalue weighted by molar-refractivity contribution is 6.30. The van der Waals surface area contributed by atoms with E-state index in [1.807, 2.05) is 45.2 Å². The van der Waals surface area contributed by atoms with Gasteiger partial charge in [0.05, 0.1) is 11.0 Å². The summed E-state index contributed by atoms with van der Waals surface area (Å²) in [6.07, 6.45) is 4.79. The van der Waals surface area contributed by atoms with Crippen LogP contribution in [0.3, 0.4) is 0 Å². The molecule has 0 fully saturated rings. The number of nitrogens with one attached hydrogen (secondary N) is 1.